The number of H-pyrrole nitrogens is 1. The zero-order chi connectivity index (χ0) is 12.5. The lowest BCUT2D eigenvalue weighted by Crippen LogP contribution is -2.33. The molecule has 3 rings (SSSR count). The molecule has 4 N–H and O–H groups in total. The third-order valence-electron chi connectivity index (χ3n) is 3.30. The molecule has 0 aromatic carbocycles. The number of anilines is 2. The first-order chi connectivity index (χ1) is 8.76. The molecule has 1 saturated carbocycles. The number of nitrogens with zero attached hydrogens (tertiary/aromatic N) is 3. The van der Waals surface area contributed by atoms with E-state index in [2.05, 4.69) is 30.8 Å². The van der Waals surface area contributed by atoms with E-state index in [9.17, 15) is 5.11 Å². The van der Waals surface area contributed by atoms with Crippen molar-refractivity contribution in [1.29, 1.82) is 0 Å². The smallest absolute Gasteiger partial charge is 0.226 e. The van der Waals surface area contributed by atoms with Gasteiger partial charge in [-0.15, -0.1) is 0 Å². The van der Waals surface area contributed by atoms with Gasteiger partial charge in [0.1, 0.15) is 5.82 Å². The van der Waals surface area contributed by atoms with E-state index in [1.54, 1.807) is 13.2 Å². The Bertz CT molecular complexity index is 547. The Labute approximate surface area is 104 Å². The maximum atomic E-state index is 9.26. The molecule has 0 amide bonds. The summed E-state index contributed by atoms with van der Waals surface area (Å²) in [5, 5.41) is 23.2. The van der Waals surface area contributed by atoms with Crippen LogP contribution in [0, 0.1) is 5.92 Å². The van der Waals surface area contributed by atoms with Crippen LogP contribution in [0.3, 0.4) is 0 Å². The predicted octanol–water partition coefficient (Wildman–Crippen LogP) is 0.577. The summed E-state index contributed by atoms with van der Waals surface area (Å²) < 4.78 is 0. The van der Waals surface area contributed by atoms with Gasteiger partial charge in [0.15, 0.2) is 5.65 Å². The molecule has 0 unspecified atom stereocenters. The lowest BCUT2D eigenvalue weighted by molar-refractivity contribution is 0.0486. The molecule has 2 aromatic rings. The molecule has 0 saturated heterocycles. The van der Waals surface area contributed by atoms with Crippen LogP contribution in [0.5, 0.6) is 0 Å². The zero-order valence-electron chi connectivity index (χ0n) is 10.1. The molecule has 0 radical (unpaired) electrons. The van der Waals surface area contributed by atoms with Crippen molar-refractivity contribution in [2.45, 2.75) is 18.9 Å². The lowest BCUT2D eigenvalue weighted by Gasteiger charge is -2.31. The molecule has 0 aliphatic heterocycles. The molecule has 96 valence electrons. The zero-order valence-corrected chi connectivity index (χ0v) is 10.1. The van der Waals surface area contributed by atoms with Crippen LogP contribution < -0.4 is 10.6 Å². The van der Waals surface area contributed by atoms with E-state index in [-0.39, 0.29) is 6.10 Å². The average Bonchev–Trinajstić information content (AvgIpc) is 2.80. The van der Waals surface area contributed by atoms with Gasteiger partial charge in [0.25, 0.3) is 0 Å². The second kappa shape index (κ2) is 4.41. The normalized spacial score (nSPS) is 22.8. The minimum absolute atomic E-state index is 0.121. The number of rotatable bonds is 4. The number of aromatic amines is 1. The highest BCUT2D eigenvalue weighted by atomic mass is 16.3. The van der Waals surface area contributed by atoms with Crippen molar-refractivity contribution >= 4 is 22.8 Å². The van der Waals surface area contributed by atoms with Gasteiger partial charge in [-0.25, -0.2) is 0 Å². The first-order valence-corrected chi connectivity index (χ1v) is 6.07. The molecule has 1 fully saturated rings. The van der Waals surface area contributed by atoms with Crippen LogP contribution in [-0.2, 0) is 0 Å². The fourth-order valence-corrected chi connectivity index (χ4v) is 2.19. The highest BCUT2D eigenvalue weighted by Gasteiger charge is 2.27. The fourth-order valence-electron chi connectivity index (χ4n) is 2.19. The number of nitrogens with one attached hydrogen (secondary N) is 3. The van der Waals surface area contributed by atoms with Crippen molar-refractivity contribution in [3.05, 3.63) is 6.20 Å². The van der Waals surface area contributed by atoms with Crippen LogP contribution in [-0.4, -0.2) is 45.0 Å². The van der Waals surface area contributed by atoms with Gasteiger partial charge < -0.3 is 15.7 Å². The molecule has 0 bridgehead atoms. The number of aliphatic hydroxyl groups is 1. The average molecular weight is 248 g/mol. The van der Waals surface area contributed by atoms with E-state index >= 15 is 0 Å². The van der Waals surface area contributed by atoms with E-state index in [1.807, 2.05) is 0 Å². The Hall–Kier alpha value is -1.89. The van der Waals surface area contributed by atoms with Crippen LogP contribution in [0.4, 0.5) is 11.8 Å². The van der Waals surface area contributed by atoms with Crippen molar-refractivity contribution in [3.8, 4) is 0 Å². The maximum absolute atomic E-state index is 9.26. The Morgan fingerprint density at radius 1 is 1.44 bits per heavy atom. The topological polar surface area (TPSA) is 98.8 Å². The second-order valence-corrected chi connectivity index (χ2v) is 4.65. The standard InChI is InChI=1S/C11H16N6O/c1-12-11-15-9(8-5-14-17-10(8)16-11)13-4-6-2-7(18)3-6/h5-7,18H,2-4H2,1H3,(H3,12,13,14,15,16,17). The van der Waals surface area contributed by atoms with Crippen LogP contribution in [0.1, 0.15) is 12.8 Å². The molecule has 0 spiro atoms. The monoisotopic (exact) mass is 248 g/mol. The summed E-state index contributed by atoms with van der Waals surface area (Å²) in [6.45, 7) is 0.817. The Morgan fingerprint density at radius 3 is 3.00 bits per heavy atom. The van der Waals surface area contributed by atoms with Crippen molar-refractivity contribution in [1.82, 2.24) is 20.2 Å². The SMILES string of the molecule is CNc1nc(NCC2CC(O)C2)c2cn[nH]c2n1. The van der Waals surface area contributed by atoms with Gasteiger partial charge in [-0.1, -0.05) is 0 Å². The molecular formula is C11H16N6O. The molecule has 7 nitrogen and oxygen atoms in total. The van der Waals surface area contributed by atoms with Crippen LogP contribution in [0.25, 0.3) is 11.0 Å². The van der Waals surface area contributed by atoms with Gasteiger partial charge in [-0.2, -0.15) is 15.1 Å². The molecule has 2 aromatic heterocycles. The van der Waals surface area contributed by atoms with Gasteiger partial charge in [-0.3, -0.25) is 5.10 Å². The van der Waals surface area contributed by atoms with Gasteiger partial charge in [-0.05, 0) is 18.8 Å². The van der Waals surface area contributed by atoms with Gasteiger partial charge >= 0.3 is 0 Å². The summed E-state index contributed by atoms with van der Waals surface area (Å²) in [6, 6.07) is 0. The molecule has 1 aliphatic carbocycles. The van der Waals surface area contributed by atoms with E-state index < -0.39 is 0 Å². The highest BCUT2D eigenvalue weighted by Crippen LogP contribution is 2.28. The van der Waals surface area contributed by atoms with Crippen molar-refractivity contribution < 1.29 is 5.11 Å². The van der Waals surface area contributed by atoms with E-state index in [4.69, 9.17) is 0 Å². The highest BCUT2D eigenvalue weighted by molar-refractivity contribution is 5.86. The summed E-state index contributed by atoms with van der Waals surface area (Å²) in [5.41, 5.74) is 0.713. The van der Waals surface area contributed by atoms with Crippen molar-refractivity contribution in [2.24, 2.45) is 5.92 Å². The van der Waals surface area contributed by atoms with Gasteiger partial charge in [0.2, 0.25) is 5.95 Å². The maximum Gasteiger partial charge on any atom is 0.226 e. The summed E-state index contributed by atoms with van der Waals surface area (Å²) in [4.78, 5) is 8.65. The quantitative estimate of drug-likeness (QED) is 0.631. The fraction of sp³-hybridized carbons (Fsp3) is 0.545. The molecule has 7 heteroatoms. The molecule has 1 aliphatic rings. The number of hydrogen-bond acceptors (Lipinski definition) is 6. The predicted molar refractivity (Wildman–Crippen MR) is 68.5 cm³/mol. The first kappa shape index (κ1) is 11.2. The third kappa shape index (κ3) is 1.97. The number of hydrogen-bond donors (Lipinski definition) is 4. The largest absolute Gasteiger partial charge is 0.393 e. The first-order valence-electron chi connectivity index (χ1n) is 6.07. The summed E-state index contributed by atoms with van der Waals surface area (Å²) >= 11 is 0. The van der Waals surface area contributed by atoms with Crippen LogP contribution in [0.15, 0.2) is 6.20 Å². The number of aromatic nitrogens is 4. The van der Waals surface area contributed by atoms with E-state index in [1.165, 1.54) is 0 Å². The van der Waals surface area contributed by atoms with Crippen LogP contribution >= 0.6 is 0 Å². The Balaban J connectivity index is 1.79. The van der Waals surface area contributed by atoms with E-state index in [0.717, 1.165) is 30.6 Å². The Morgan fingerprint density at radius 2 is 2.28 bits per heavy atom. The van der Waals surface area contributed by atoms with Crippen molar-refractivity contribution in [3.63, 3.8) is 0 Å². The van der Waals surface area contributed by atoms with Gasteiger partial charge in [0.05, 0.1) is 17.7 Å². The molecular weight excluding hydrogens is 232 g/mol. The lowest BCUT2D eigenvalue weighted by atomic mass is 9.82. The molecule has 18 heavy (non-hydrogen) atoms. The molecule has 0 atom stereocenters. The summed E-state index contributed by atoms with van der Waals surface area (Å²) in [6.07, 6.45) is 3.33. The minimum Gasteiger partial charge on any atom is -0.393 e. The number of aliphatic hydroxyl groups excluding tert-OH is 1. The number of fused-ring (bicyclic) bond motifs is 1. The Kier molecular flexibility index (Phi) is 2.75. The summed E-state index contributed by atoms with van der Waals surface area (Å²) in [7, 11) is 1.78. The third-order valence-corrected chi connectivity index (χ3v) is 3.30. The van der Waals surface area contributed by atoms with Crippen molar-refractivity contribution in [2.75, 3.05) is 24.2 Å². The minimum atomic E-state index is -0.121. The van der Waals surface area contributed by atoms with E-state index in [0.29, 0.717) is 17.5 Å². The second-order valence-electron chi connectivity index (χ2n) is 4.65. The summed E-state index contributed by atoms with van der Waals surface area (Å²) in [5.74, 6) is 1.86. The molecule has 2 heterocycles. The van der Waals surface area contributed by atoms with Gasteiger partial charge in [0, 0.05) is 13.6 Å². The van der Waals surface area contributed by atoms with Crippen LogP contribution in [0.2, 0.25) is 0 Å².